The number of likely N-dealkylation sites (tertiary alicyclic amines) is 1. The van der Waals surface area contributed by atoms with Gasteiger partial charge in [0, 0.05) is 24.5 Å². The number of aliphatic hydroxyl groups is 1. The molecule has 0 spiro atoms. The molecule has 5 heteroatoms. The average molecular weight is 358 g/mol. The van der Waals surface area contributed by atoms with Crippen LogP contribution in [0.25, 0.3) is 0 Å². The van der Waals surface area contributed by atoms with E-state index in [1.165, 1.54) is 36.8 Å². The van der Waals surface area contributed by atoms with Crippen molar-refractivity contribution in [2.24, 2.45) is 11.7 Å². The highest BCUT2D eigenvalue weighted by atomic mass is 16.6. The van der Waals surface area contributed by atoms with Crippen LogP contribution in [-0.2, 0) is 11.8 Å². The van der Waals surface area contributed by atoms with Crippen molar-refractivity contribution in [3.8, 4) is 5.75 Å². The largest absolute Gasteiger partial charge is 0.415 e. The van der Waals surface area contributed by atoms with E-state index in [-0.39, 0.29) is 17.6 Å². The van der Waals surface area contributed by atoms with E-state index in [9.17, 15) is 9.90 Å². The van der Waals surface area contributed by atoms with Crippen LogP contribution >= 0.6 is 0 Å². The molecular weight excluding hydrogens is 328 g/mol. The van der Waals surface area contributed by atoms with Crippen LogP contribution in [0.4, 0.5) is 4.79 Å². The van der Waals surface area contributed by atoms with E-state index in [0.717, 1.165) is 12.8 Å². The molecule has 1 saturated heterocycles. The Balaban J connectivity index is 1.59. The molecule has 1 unspecified atom stereocenters. The van der Waals surface area contributed by atoms with Crippen molar-refractivity contribution in [1.82, 2.24) is 4.90 Å². The summed E-state index contributed by atoms with van der Waals surface area (Å²) in [4.78, 5) is 13.9. The highest BCUT2D eigenvalue weighted by Gasteiger charge is 2.44. The summed E-state index contributed by atoms with van der Waals surface area (Å²) >= 11 is 0. The molecule has 142 valence electrons. The zero-order valence-corrected chi connectivity index (χ0v) is 15.6. The van der Waals surface area contributed by atoms with Gasteiger partial charge < -0.3 is 20.5 Å². The van der Waals surface area contributed by atoms with E-state index in [1.54, 1.807) is 4.90 Å². The molecule has 4 rings (SSSR count). The number of aliphatic hydroxyl groups excluding tert-OH is 1. The third kappa shape index (κ3) is 3.12. The fourth-order valence-corrected chi connectivity index (χ4v) is 5.17. The maximum absolute atomic E-state index is 12.4. The number of fused-ring (bicyclic) bond motifs is 4. The predicted molar refractivity (Wildman–Crippen MR) is 100 cm³/mol. The molecular formula is C21H30N2O3. The summed E-state index contributed by atoms with van der Waals surface area (Å²) in [6.07, 6.45) is 6.90. The van der Waals surface area contributed by atoms with Gasteiger partial charge in [-0.15, -0.1) is 0 Å². The molecule has 3 aliphatic rings. The van der Waals surface area contributed by atoms with Gasteiger partial charge in [-0.1, -0.05) is 32.3 Å². The van der Waals surface area contributed by atoms with Crippen LogP contribution in [0.3, 0.4) is 0 Å². The molecule has 26 heavy (non-hydrogen) atoms. The molecule has 2 fully saturated rings. The standard InChI is InChI=1S/C21H30N2O3/c1-21-9-4-2-3-5-15(19(21)22)11-14-6-7-17(12-18(14)21)26-20(25)23-10-8-16(24)13-23/h6-7,12,15-16,19,24H,2-5,8-11,13,22H2,1H3/t15-,16?,19-,21+/m0/s1. The molecule has 1 amide bonds. The fourth-order valence-electron chi connectivity index (χ4n) is 5.17. The maximum atomic E-state index is 12.4. The molecule has 2 aliphatic carbocycles. The third-order valence-electron chi connectivity index (χ3n) is 6.82. The number of hydrogen-bond acceptors (Lipinski definition) is 4. The second-order valence-electron chi connectivity index (χ2n) is 8.58. The van der Waals surface area contributed by atoms with Gasteiger partial charge in [-0.25, -0.2) is 4.79 Å². The van der Waals surface area contributed by atoms with Crippen molar-refractivity contribution in [2.75, 3.05) is 13.1 Å². The number of rotatable bonds is 1. The fraction of sp³-hybridized carbons (Fsp3) is 0.667. The summed E-state index contributed by atoms with van der Waals surface area (Å²) in [5, 5.41) is 9.62. The van der Waals surface area contributed by atoms with E-state index >= 15 is 0 Å². The van der Waals surface area contributed by atoms with E-state index in [0.29, 0.717) is 31.2 Å². The summed E-state index contributed by atoms with van der Waals surface area (Å²) in [5.41, 5.74) is 9.29. The maximum Gasteiger partial charge on any atom is 0.415 e. The van der Waals surface area contributed by atoms with Gasteiger partial charge in [0.15, 0.2) is 0 Å². The molecule has 1 aromatic rings. The smallest absolute Gasteiger partial charge is 0.410 e. The first-order chi connectivity index (χ1) is 12.5. The second kappa shape index (κ2) is 6.86. The van der Waals surface area contributed by atoms with Crippen molar-refractivity contribution in [3.63, 3.8) is 0 Å². The Morgan fingerprint density at radius 2 is 2.15 bits per heavy atom. The highest BCUT2D eigenvalue weighted by Crippen LogP contribution is 2.46. The number of carbonyl (C=O) groups is 1. The first-order valence-electron chi connectivity index (χ1n) is 10.0. The quantitative estimate of drug-likeness (QED) is 0.809. The summed E-state index contributed by atoms with van der Waals surface area (Å²) < 4.78 is 5.62. The minimum Gasteiger partial charge on any atom is -0.410 e. The van der Waals surface area contributed by atoms with Crippen LogP contribution in [0.5, 0.6) is 5.75 Å². The lowest BCUT2D eigenvalue weighted by Crippen LogP contribution is -2.52. The van der Waals surface area contributed by atoms with Crippen molar-refractivity contribution in [1.29, 1.82) is 0 Å². The molecule has 0 radical (unpaired) electrons. The third-order valence-corrected chi connectivity index (χ3v) is 6.82. The summed E-state index contributed by atoms with van der Waals surface area (Å²) in [7, 11) is 0. The van der Waals surface area contributed by atoms with E-state index < -0.39 is 6.10 Å². The highest BCUT2D eigenvalue weighted by molar-refractivity contribution is 5.71. The van der Waals surface area contributed by atoms with E-state index in [1.807, 2.05) is 12.1 Å². The van der Waals surface area contributed by atoms with E-state index in [2.05, 4.69) is 13.0 Å². The summed E-state index contributed by atoms with van der Waals surface area (Å²) in [6.45, 7) is 3.19. The number of carbonyl (C=O) groups excluding carboxylic acids is 1. The summed E-state index contributed by atoms with van der Waals surface area (Å²) in [6, 6.07) is 6.23. The Morgan fingerprint density at radius 3 is 2.92 bits per heavy atom. The number of hydrogen-bond donors (Lipinski definition) is 2. The Kier molecular flexibility index (Phi) is 4.70. The molecule has 1 aromatic carbocycles. The average Bonchev–Trinajstić information content (AvgIpc) is 3.06. The van der Waals surface area contributed by atoms with E-state index in [4.69, 9.17) is 10.5 Å². The molecule has 0 aromatic heterocycles. The number of benzene rings is 1. The van der Waals surface area contributed by atoms with Gasteiger partial charge in [0.05, 0.1) is 6.10 Å². The van der Waals surface area contributed by atoms with Crippen molar-refractivity contribution >= 4 is 6.09 Å². The SMILES string of the molecule is C[C@@]12CCCCC[C@@H](Cc3ccc(OC(=O)N4CCC(O)C4)cc31)[C@@H]2N. The monoisotopic (exact) mass is 358 g/mol. The Hall–Kier alpha value is -1.59. The van der Waals surface area contributed by atoms with Crippen molar-refractivity contribution in [2.45, 2.75) is 69.4 Å². The number of nitrogens with two attached hydrogens (primary N) is 1. The minimum absolute atomic E-state index is 0.0507. The lowest BCUT2D eigenvalue weighted by molar-refractivity contribution is 0.145. The van der Waals surface area contributed by atoms with Crippen molar-refractivity contribution in [3.05, 3.63) is 29.3 Å². The van der Waals surface area contributed by atoms with Crippen molar-refractivity contribution < 1.29 is 14.6 Å². The van der Waals surface area contributed by atoms with Gasteiger partial charge in [0.1, 0.15) is 5.75 Å². The van der Waals surface area contributed by atoms with Gasteiger partial charge in [0.25, 0.3) is 0 Å². The van der Waals surface area contributed by atoms with Crippen LogP contribution < -0.4 is 10.5 Å². The second-order valence-corrected chi connectivity index (χ2v) is 8.58. The molecule has 5 nitrogen and oxygen atoms in total. The predicted octanol–water partition coefficient (Wildman–Crippen LogP) is 2.97. The Labute approximate surface area is 155 Å². The first kappa shape index (κ1) is 17.8. The van der Waals surface area contributed by atoms with Crippen LogP contribution in [0, 0.1) is 5.92 Å². The van der Waals surface area contributed by atoms with Crippen LogP contribution in [0.15, 0.2) is 18.2 Å². The first-order valence-corrected chi connectivity index (χ1v) is 10.0. The normalized spacial score (nSPS) is 34.0. The van der Waals surface area contributed by atoms with Gasteiger partial charge >= 0.3 is 6.09 Å². The Morgan fingerprint density at radius 1 is 1.31 bits per heavy atom. The van der Waals surface area contributed by atoms with Gasteiger partial charge in [-0.3, -0.25) is 0 Å². The van der Waals surface area contributed by atoms with Crippen LogP contribution in [0.1, 0.15) is 56.6 Å². The minimum atomic E-state index is -0.435. The Bertz CT molecular complexity index is 692. The van der Waals surface area contributed by atoms with Crippen LogP contribution in [0.2, 0.25) is 0 Å². The topological polar surface area (TPSA) is 75.8 Å². The number of amides is 1. The van der Waals surface area contributed by atoms with Gasteiger partial charge in [-0.2, -0.15) is 0 Å². The van der Waals surface area contributed by atoms with Crippen LogP contribution in [-0.4, -0.2) is 41.3 Å². The molecule has 1 heterocycles. The number of nitrogens with zero attached hydrogens (tertiary/aromatic N) is 1. The number of ether oxygens (including phenoxy) is 1. The molecule has 2 bridgehead atoms. The zero-order valence-electron chi connectivity index (χ0n) is 15.6. The lowest BCUT2D eigenvalue weighted by atomic mass is 9.60. The molecule has 1 saturated carbocycles. The molecule has 3 N–H and O–H groups in total. The van der Waals surface area contributed by atoms with Gasteiger partial charge in [-0.05, 0) is 54.9 Å². The zero-order chi connectivity index (χ0) is 18.3. The van der Waals surface area contributed by atoms with Gasteiger partial charge in [0.2, 0.25) is 0 Å². The molecule has 1 aliphatic heterocycles. The molecule has 4 atom stereocenters. The number of β-amino-alcohol motifs (C(OH)–C–C–N with tert-alkyl or cyclic N) is 1. The lowest BCUT2D eigenvalue weighted by Gasteiger charge is -2.47. The summed E-state index contributed by atoms with van der Waals surface area (Å²) in [5.74, 6) is 1.14.